The molecular formula is C14H13ClN2O. The maximum atomic E-state index is 11.2. The Morgan fingerprint density at radius 3 is 2.44 bits per heavy atom. The van der Waals surface area contributed by atoms with Crippen molar-refractivity contribution in [2.45, 2.75) is 6.92 Å². The summed E-state index contributed by atoms with van der Waals surface area (Å²) in [7, 11) is 0. The van der Waals surface area contributed by atoms with E-state index in [-0.39, 0.29) is 5.91 Å². The van der Waals surface area contributed by atoms with Crippen LogP contribution in [0.2, 0.25) is 5.02 Å². The van der Waals surface area contributed by atoms with Gasteiger partial charge in [0.15, 0.2) is 0 Å². The maximum Gasteiger partial charge on any atom is 0.221 e. The number of halogens is 1. The second-order valence-electron chi connectivity index (χ2n) is 3.99. The highest BCUT2D eigenvalue weighted by Crippen LogP contribution is 2.30. The lowest BCUT2D eigenvalue weighted by molar-refractivity contribution is -0.114. The fourth-order valence-electron chi connectivity index (χ4n) is 1.73. The molecule has 0 radical (unpaired) electrons. The third-order valence-corrected chi connectivity index (χ3v) is 2.76. The van der Waals surface area contributed by atoms with Gasteiger partial charge in [0.25, 0.3) is 0 Å². The third kappa shape index (κ3) is 2.81. The molecule has 0 fully saturated rings. The highest BCUT2D eigenvalue weighted by atomic mass is 35.5. The summed E-state index contributed by atoms with van der Waals surface area (Å²) >= 11 is 5.86. The molecule has 3 nitrogen and oxygen atoms in total. The van der Waals surface area contributed by atoms with Crippen LogP contribution in [-0.2, 0) is 4.79 Å². The van der Waals surface area contributed by atoms with Crippen molar-refractivity contribution < 1.29 is 4.79 Å². The van der Waals surface area contributed by atoms with E-state index in [0.29, 0.717) is 10.7 Å². The average molecular weight is 261 g/mol. The Labute approximate surface area is 111 Å². The summed E-state index contributed by atoms with van der Waals surface area (Å²) in [4.78, 5) is 11.2. The standard InChI is InChI=1S/C14H13ClN2O/c1-9(18)17-14-7-6-12(16)8-13(14)10-2-4-11(15)5-3-10/h2-8H,16H2,1H3,(H,17,18). The summed E-state index contributed by atoms with van der Waals surface area (Å²) in [5.41, 5.74) is 9.00. The Bertz CT molecular complexity index is 579. The molecule has 2 rings (SSSR count). The summed E-state index contributed by atoms with van der Waals surface area (Å²) < 4.78 is 0. The summed E-state index contributed by atoms with van der Waals surface area (Å²) in [6, 6.07) is 12.8. The Morgan fingerprint density at radius 1 is 1.17 bits per heavy atom. The van der Waals surface area contributed by atoms with Gasteiger partial charge in [0.2, 0.25) is 5.91 Å². The third-order valence-electron chi connectivity index (χ3n) is 2.51. The molecule has 0 bridgehead atoms. The van der Waals surface area contributed by atoms with Crippen LogP contribution in [0.25, 0.3) is 11.1 Å². The number of nitrogens with two attached hydrogens (primary N) is 1. The second-order valence-corrected chi connectivity index (χ2v) is 4.43. The molecule has 0 atom stereocenters. The van der Waals surface area contributed by atoms with Gasteiger partial charge in [-0.15, -0.1) is 0 Å². The zero-order valence-electron chi connectivity index (χ0n) is 9.91. The molecule has 3 N–H and O–H groups in total. The van der Waals surface area contributed by atoms with Gasteiger partial charge in [-0.3, -0.25) is 4.79 Å². The SMILES string of the molecule is CC(=O)Nc1ccc(N)cc1-c1ccc(Cl)cc1. The molecule has 0 heterocycles. The highest BCUT2D eigenvalue weighted by molar-refractivity contribution is 6.30. The first-order chi connectivity index (χ1) is 8.56. The molecule has 0 aliphatic heterocycles. The van der Waals surface area contributed by atoms with E-state index in [2.05, 4.69) is 5.32 Å². The van der Waals surface area contributed by atoms with Crippen LogP contribution >= 0.6 is 11.6 Å². The number of nitrogen functional groups attached to an aromatic ring is 1. The predicted octanol–water partition coefficient (Wildman–Crippen LogP) is 3.55. The van der Waals surface area contributed by atoms with Crippen LogP contribution in [0.4, 0.5) is 11.4 Å². The van der Waals surface area contributed by atoms with Crippen molar-refractivity contribution in [1.82, 2.24) is 0 Å². The molecular weight excluding hydrogens is 248 g/mol. The van der Waals surface area contributed by atoms with E-state index in [0.717, 1.165) is 16.8 Å². The fraction of sp³-hybridized carbons (Fsp3) is 0.0714. The van der Waals surface area contributed by atoms with E-state index in [9.17, 15) is 4.79 Å². The molecule has 0 unspecified atom stereocenters. The van der Waals surface area contributed by atoms with Crippen molar-refractivity contribution in [3.05, 3.63) is 47.5 Å². The Balaban J connectivity index is 2.50. The smallest absolute Gasteiger partial charge is 0.221 e. The first-order valence-electron chi connectivity index (χ1n) is 5.49. The van der Waals surface area contributed by atoms with Crippen molar-refractivity contribution in [2.75, 3.05) is 11.1 Å². The van der Waals surface area contributed by atoms with E-state index in [4.69, 9.17) is 17.3 Å². The molecule has 0 aliphatic rings. The first kappa shape index (κ1) is 12.5. The van der Waals surface area contributed by atoms with Crippen molar-refractivity contribution in [3.63, 3.8) is 0 Å². The minimum absolute atomic E-state index is 0.116. The molecule has 0 aliphatic carbocycles. The second kappa shape index (κ2) is 5.10. The summed E-state index contributed by atoms with van der Waals surface area (Å²) in [5.74, 6) is -0.116. The summed E-state index contributed by atoms with van der Waals surface area (Å²) in [6.07, 6.45) is 0. The van der Waals surface area contributed by atoms with Gasteiger partial charge in [-0.1, -0.05) is 23.7 Å². The van der Waals surface area contributed by atoms with Crippen LogP contribution in [0.5, 0.6) is 0 Å². The molecule has 4 heteroatoms. The first-order valence-corrected chi connectivity index (χ1v) is 5.87. The van der Waals surface area contributed by atoms with Gasteiger partial charge in [-0.2, -0.15) is 0 Å². The zero-order chi connectivity index (χ0) is 13.1. The number of hydrogen-bond acceptors (Lipinski definition) is 2. The molecule has 1 amide bonds. The molecule has 2 aromatic rings. The lowest BCUT2D eigenvalue weighted by Crippen LogP contribution is -2.07. The van der Waals surface area contributed by atoms with Crippen LogP contribution in [0, 0.1) is 0 Å². The van der Waals surface area contributed by atoms with E-state index in [1.54, 1.807) is 24.3 Å². The van der Waals surface area contributed by atoms with Crippen LogP contribution in [0.15, 0.2) is 42.5 Å². The minimum Gasteiger partial charge on any atom is -0.399 e. The Kier molecular flexibility index (Phi) is 3.53. The monoisotopic (exact) mass is 260 g/mol. The van der Waals surface area contributed by atoms with Gasteiger partial charge in [0, 0.05) is 28.9 Å². The maximum absolute atomic E-state index is 11.2. The van der Waals surface area contributed by atoms with Gasteiger partial charge in [0.1, 0.15) is 0 Å². The van der Waals surface area contributed by atoms with Crippen LogP contribution < -0.4 is 11.1 Å². The summed E-state index contributed by atoms with van der Waals surface area (Å²) in [6.45, 7) is 1.47. The van der Waals surface area contributed by atoms with Gasteiger partial charge < -0.3 is 11.1 Å². The number of hydrogen-bond donors (Lipinski definition) is 2. The van der Waals surface area contributed by atoms with Crippen molar-refractivity contribution >= 4 is 28.9 Å². The molecule has 18 heavy (non-hydrogen) atoms. The lowest BCUT2D eigenvalue weighted by atomic mass is 10.0. The number of carbonyl (C=O) groups is 1. The van der Waals surface area contributed by atoms with E-state index >= 15 is 0 Å². The molecule has 0 spiro atoms. The van der Waals surface area contributed by atoms with Crippen LogP contribution in [-0.4, -0.2) is 5.91 Å². The van der Waals surface area contributed by atoms with E-state index in [1.165, 1.54) is 6.92 Å². The Hall–Kier alpha value is -2.00. The van der Waals surface area contributed by atoms with Crippen molar-refractivity contribution in [3.8, 4) is 11.1 Å². The number of amides is 1. The van der Waals surface area contributed by atoms with Crippen LogP contribution in [0.1, 0.15) is 6.92 Å². The van der Waals surface area contributed by atoms with Gasteiger partial charge in [-0.25, -0.2) is 0 Å². The molecule has 0 saturated carbocycles. The number of rotatable bonds is 2. The Morgan fingerprint density at radius 2 is 1.83 bits per heavy atom. The average Bonchev–Trinajstić information content (AvgIpc) is 2.32. The zero-order valence-corrected chi connectivity index (χ0v) is 10.7. The minimum atomic E-state index is -0.116. The molecule has 0 aromatic heterocycles. The number of carbonyl (C=O) groups excluding carboxylic acids is 1. The predicted molar refractivity (Wildman–Crippen MR) is 75.6 cm³/mol. The number of nitrogens with one attached hydrogen (secondary N) is 1. The quantitative estimate of drug-likeness (QED) is 0.812. The van der Waals surface area contributed by atoms with E-state index < -0.39 is 0 Å². The molecule has 0 saturated heterocycles. The highest BCUT2D eigenvalue weighted by Gasteiger charge is 2.07. The number of anilines is 2. The molecule has 92 valence electrons. The van der Waals surface area contributed by atoms with Crippen LogP contribution in [0.3, 0.4) is 0 Å². The van der Waals surface area contributed by atoms with Crippen molar-refractivity contribution in [2.24, 2.45) is 0 Å². The normalized spacial score (nSPS) is 10.1. The van der Waals surface area contributed by atoms with E-state index in [1.807, 2.05) is 18.2 Å². The number of benzene rings is 2. The lowest BCUT2D eigenvalue weighted by Gasteiger charge is -2.11. The van der Waals surface area contributed by atoms with Gasteiger partial charge in [0.05, 0.1) is 0 Å². The topological polar surface area (TPSA) is 55.1 Å². The van der Waals surface area contributed by atoms with Gasteiger partial charge >= 0.3 is 0 Å². The largest absolute Gasteiger partial charge is 0.399 e. The van der Waals surface area contributed by atoms with Gasteiger partial charge in [-0.05, 0) is 35.9 Å². The summed E-state index contributed by atoms with van der Waals surface area (Å²) in [5, 5.41) is 3.46. The van der Waals surface area contributed by atoms with Crippen molar-refractivity contribution in [1.29, 1.82) is 0 Å². The fourth-order valence-corrected chi connectivity index (χ4v) is 1.85. The molecule has 2 aromatic carbocycles.